The number of ether oxygens (including phenoxy) is 2. The predicted molar refractivity (Wildman–Crippen MR) is 86.2 cm³/mol. The van der Waals surface area contributed by atoms with E-state index in [2.05, 4.69) is 0 Å². The summed E-state index contributed by atoms with van der Waals surface area (Å²) in [7, 11) is 0. The molecule has 0 bridgehead atoms. The molecular formula is C18H23NO4. The number of nitrogens with zero attached hydrogens (tertiary/aromatic N) is 1. The van der Waals surface area contributed by atoms with Gasteiger partial charge in [-0.25, -0.2) is 0 Å². The highest BCUT2D eigenvalue weighted by Crippen LogP contribution is 2.26. The third-order valence-corrected chi connectivity index (χ3v) is 4.49. The Morgan fingerprint density at radius 2 is 2.09 bits per heavy atom. The van der Waals surface area contributed by atoms with Crippen molar-refractivity contribution >= 4 is 17.6 Å². The van der Waals surface area contributed by atoms with Crippen molar-refractivity contribution in [2.75, 3.05) is 24.7 Å². The summed E-state index contributed by atoms with van der Waals surface area (Å²) in [5.74, 6) is -0.695. The molecule has 5 heteroatoms. The fourth-order valence-electron chi connectivity index (χ4n) is 3.07. The first-order valence-corrected chi connectivity index (χ1v) is 8.29. The van der Waals surface area contributed by atoms with Crippen LogP contribution in [0.15, 0.2) is 24.3 Å². The van der Waals surface area contributed by atoms with Crippen LogP contribution in [-0.2, 0) is 19.1 Å². The average molecular weight is 317 g/mol. The predicted octanol–water partition coefficient (Wildman–Crippen LogP) is 2.46. The zero-order valence-corrected chi connectivity index (χ0v) is 13.5. The molecule has 2 aliphatic rings. The first-order chi connectivity index (χ1) is 11.1. The van der Waals surface area contributed by atoms with Crippen molar-refractivity contribution in [2.45, 2.75) is 38.7 Å². The summed E-state index contributed by atoms with van der Waals surface area (Å²) in [6.45, 7) is 3.44. The van der Waals surface area contributed by atoms with Crippen LogP contribution >= 0.6 is 0 Å². The van der Waals surface area contributed by atoms with E-state index in [1.807, 2.05) is 31.2 Å². The molecule has 0 aliphatic carbocycles. The lowest BCUT2D eigenvalue weighted by Crippen LogP contribution is -2.29. The van der Waals surface area contributed by atoms with E-state index < -0.39 is 0 Å². The van der Waals surface area contributed by atoms with Crippen LogP contribution in [0.25, 0.3) is 0 Å². The molecule has 0 aromatic heterocycles. The smallest absolute Gasteiger partial charge is 0.311 e. The minimum Gasteiger partial charge on any atom is -0.463 e. The Balaban J connectivity index is 1.54. The van der Waals surface area contributed by atoms with Gasteiger partial charge in [-0.3, -0.25) is 9.59 Å². The molecule has 0 N–H and O–H groups in total. The number of hydrogen-bond acceptors (Lipinski definition) is 4. The van der Waals surface area contributed by atoms with Crippen LogP contribution in [0.4, 0.5) is 5.69 Å². The van der Waals surface area contributed by atoms with Gasteiger partial charge in [0, 0.05) is 25.3 Å². The molecule has 0 saturated carbocycles. The van der Waals surface area contributed by atoms with E-state index in [9.17, 15) is 9.59 Å². The molecule has 2 fully saturated rings. The molecule has 5 nitrogen and oxygen atoms in total. The molecule has 2 saturated heterocycles. The van der Waals surface area contributed by atoms with E-state index in [0.717, 1.165) is 37.1 Å². The zero-order chi connectivity index (χ0) is 16.2. The van der Waals surface area contributed by atoms with Gasteiger partial charge >= 0.3 is 5.97 Å². The number of esters is 1. The van der Waals surface area contributed by atoms with Crippen LogP contribution in [0, 0.1) is 12.8 Å². The molecule has 1 aromatic carbocycles. The Morgan fingerprint density at radius 1 is 1.30 bits per heavy atom. The summed E-state index contributed by atoms with van der Waals surface area (Å²) < 4.78 is 10.9. The van der Waals surface area contributed by atoms with Crippen LogP contribution in [0.3, 0.4) is 0 Å². The van der Waals surface area contributed by atoms with Crippen LogP contribution in [0.1, 0.15) is 31.2 Å². The minimum atomic E-state index is -0.382. The second-order valence-electron chi connectivity index (χ2n) is 6.36. The van der Waals surface area contributed by atoms with Crippen LogP contribution in [0.5, 0.6) is 0 Å². The first kappa shape index (κ1) is 16.0. The molecule has 1 aromatic rings. The molecular weight excluding hydrogens is 294 g/mol. The van der Waals surface area contributed by atoms with Crippen LogP contribution in [0.2, 0.25) is 0 Å². The Bertz CT molecular complexity index is 563. The molecule has 0 radical (unpaired) electrons. The van der Waals surface area contributed by atoms with Crippen LogP contribution in [-0.4, -0.2) is 37.7 Å². The van der Waals surface area contributed by atoms with Gasteiger partial charge < -0.3 is 14.4 Å². The Hall–Kier alpha value is -1.88. The lowest BCUT2D eigenvalue weighted by atomic mass is 10.1. The highest BCUT2D eigenvalue weighted by molar-refractivity contribution is 5.99. The number of benzene rings is 1. The van der Waals surface area contributed by atoms with E-state index in [0.29, 0.717) is 13.2 Å². The van der Waals surface area contributed by atoms with Crippen molar-refractivity contribution in [3.8, 4) is 0 Å². The second-order valence-corrected chi connectivity index (χ2v) is 6.36. The Kier molecular flexibility index (Phi) is 4.96. The molecule has 2 aliphatic heterocycles. The topological polar surface area (TPSA) is 55.8 Å². The van der Waals surface area contributed by atoms with Crippen molar-refractivity contribution in [1.82, 2.24) is 0 Å². The Labute approximate surface area is 136 Å². The van der Waals surface area contributed by atoms with Crippen molar-refractivity contribution < 1.29 is 19.1 Å². The molecule has 3 rings (SSSR count). The number of carbonyl (C=O) groups excluding carboxylic acids is 2. The first-order valence-electron chi connectivity index (χ1n) is 8.29. The third-order valence-electron chi connectivity index (χ3n) is 4.49. The lowest BCUT2D eigenvalue weighted by molar-refractivity contribution is -0.153. The highest BCUT2D eigenvalue weighted by atomic mass is 16.6. The molecule has 23 heavy (non-hydrogen) atoms. The summed E-state index contributed by atoms with van der Waals surface area (Å²) in [5.41, 5.74) is 1.98. The fourth-order valence-corrected chi connectivity index (χ4v) is 3.07. The zero-order valence-electron chi connectivity index (χ0n) is 13.5. The third kappa shape index (κ3) is 3.91. The number of carbonyl (C=O) groups is 2. The maximum atomic E-state index is 12.2. The van der Waals surface area contributed by atoms with Crippen LogP contribution < -0.4 is 4.90 Å². The van der Waals surface area contributed by atoms with E-state index in [1.165, 1.54) is 0 Å². The van der Waals surface area contributed by atoms with Gasteiger partial charge in [0.25, 0.3) is 0 Å². The van der Waals surface area contributed by atoms with Gasteiger partial charge in [-0.05, 0) is 38.3 Å². The highest BCUT2D eigenvalue weighted by Gasteiger charge is 2.36. The van der Waals surface area contributed by atoms with Crippen molar-refractivity contribution in [3.05, 3.63) is 29.8 Å². The second kappa shape index (κ2) is 7.13. The van der Waals surface area contributed by atoms with Crippen molar-refractivity contribution in [2.24, 2.45) is 5.92 Å². The molecule has 2 atom stereocenters. The normalized spacial score (nSPS) is 24.7. The van der Waals surface area contributed by atoms with Gasteiger partial charge in [0.1, 0.15) is 6.61 Å². The number of aryl methyl sites for hydroxylation is 1. The standard InChI is InChI=1S/C18H23NO4/c1-13-5-7-15(8-6-13)19-11-14(10-17(19)20)18(21)23-12-16-4-2-3-9-22-16/h5-8,14,16H,2-4,9-12H2,1H3. The van der Waals surface area contributed by atoms with E-state index in [4.69, 9.17) is 9.47 Å². The van der Waals surface area contributed by atoms with Gasteiger partial charge in [-0.15, -0.1) is 0 Å². The minimum absolute atomic E-state index is 0.0120. The van der Waals surface area contributed by atoms with Crippen molar-refractivity contribution in [1.29, 1.82) is 0 Å². The molecule has 2 heterocycles. The number of anilines is 1. The number of hydrogen-bond donors (Lipinski definition) is 0. The molecule has 124 valence electrons. The summed E-state index contributed by atoms with van der Waals surface area (Å²) in [6, 6.07) is 7.76. The lowest BCUT2D eigenvalue weighted by Gasteiger charge is -2.22. The quantitative estimate of drug-likeness (QED) is 0.801. The number of rotatable bonds is 4. The number of amides is 1. The van der Waals surface area contributed by atoms with E-state index in [-0.39, 0.29) is 30.3 Å². The molecule has 0 spiro atoms. The summed E-state index contributed by atoms with van der Waals surface area (Å²) >= 11 is 0. The Morgan fingerprint density at radius 3 is 2.78 bits per heavy atom. The maximum Gasteiger partial charge on any atom is 0.311 e. The molecule has 1 amide bonds. The maximum absolute atomic E-state index is 12.2. The summed E-state index contributed by atoms with van der Waals surface area (Å²) in [6.07, 6.45) is 3.36. The largest absolute Gasteiger partial charge is 0.463 e. The van der Waals surface area contributed by atoms with E-state index in [1.54, 1.807) is 4.90 Å². The van der Waals surface area contributed by atoms with Crippen molar-refractivity contribution in [3.63, 3.8) is 0 Å². The van der Waals surface area contributed by atoms with Gasteiger partial charge in [0.05, 0.1) is 12.0 Å². The average Bonchev–Trinajstić information content (AvgIpc) is 2.96. The van der Waals surface area contributed by atoms with E-state index >= 15 is 0 Å². The monoisotopic (exact) mass is 317 g/mol. The van der Waals surface area contributed by atoms with Gasteiger partial charge in [-0.2, -0.15) is 0 Å². The van der Waals surface area contributed by atoms with Gasteiger partial charge in [0.2, 0.25) is 5.91 Å². The summed E-state index contributed by atoms with van der Waals surface area (Å²) in [4.78, 5) is 26.1. The fraction of sp³-hybridized carbons (Fsp3) is 0.556. The SMILES string of the molecule is Cc1ccc(N2CC(C(=O)OCC3CCCCO3)CC2=O)cc1. The van der Waals surface area contributed by atoms with Gasteiger partial charge in [-0.1, -0.05) is 17.7 Å². The summed E-state index contributed by atoms with van der Waals surface area (Å²) in [5, 5.41) is 0. The molecule has 2 unspecified atom stereocenters. The van der Waals surface area contributed by atoms with Gasteiger partial charge in [0.15, 0.2) is 0 Å².